The van der Waals surface area contributed by atoms with Crippen molar-refractivity contribution in [3.63, 3.8) is 0 Å². The van der Waals surface area contributed by atoms with E-state index in [1.54, 1.807) is 10.3 Å². The Morgan fingerprint density at radius 3 is 2.86 bits per heavy atom. The Morgan fingerprint density at radius 1 is 1.50 bits per heavy atom. The van der Waals surface area contributed by atoms with Gasteiger partial charge < -0.3 is 10.6 Å². The van der Waals surface area contributed by atoms with Crippen LogP contribution in [0.15, 0.2) is 23.6 Å². The molecule has 2 N–H and O–H groups in total. The summed E-state index contributed by atoms with van der Waals surface area (Å²) in [4.78, 5) is 18.8. The Morgan fingerprint density at radius 2 is 2.23 bits per heavy atom. The number of carbonyl (C=O) groups excluding carboxylic acids is 1. The summed E-state index contributed by atoms with van der Waals surface area (Å²) in [7, 11) is 0. The standard InChI is InChI=1S/C15H16ClN3OS.ClH/c1-15(2)8-19(11-5-3-4-9(16)13(11)15)14(20)10-7-21-12(6-17)18-10;/h3-5,7H,6,8,17H2,1-2H3;1H. The van der Waals surface area contributed by atoms with Crippen molar-refractivity contribution in [1.29, 1.82) is 0 Å². The molecule has 0 spiro atoms. The van der Waals surface area contributed by atoms with Crippen LogP contribution in [0.1, 0.15) is 34.9 Å². The lowest BCUT2D eigenvalue weighted by atomic mass is 9.87. The number of fused-ring (bicyclic) bond motifs is 1. The van der Waals surface area contributed by atoms with Gasteiger partial charge in [0.15, 0.2) is 0 Å². The summed E-state index contributed by atoms with van der Waals surface area (Å²) in [6.07, 6.45) is 0. The number of hydrogen-bond acceptors (Lipinski definition) is 4. The fraction of sp³-hybridized carbons (Fsp3) is 0.333. The molecule has 1 aromatic heterocycles. The Balaban J connectivity index is 0.00000176. The number of amides is 1. The molecule has 1 aromatic carbocycles. The molecule has 3 rings (SSSR count). The number of halogens is 2. The van der Waals surface area contributed by atoms with Gasteiger partial charge >= 0.3 is 0 Å². The van der Waals surface area contributed by atoms with Crippen LogP contribution in [0.5, 0.6) is 0 Å². The first-order chi connectivity index (χ1) is 9.94. The summed E-state index contributed by atoms with van der Waals surface area (Å²) in [5.41, 5.74) is 7.74. The molecule has 0 saturated carbocycles. The van der Waals surface area contributed by atoms with Crippen molar-refractivity contribution >= 4 is 46.9 Å². The summed E-state index contributed by atoms with van der Waals surface area (Å²) in [5.74, 6) is -0.0972. The zero-order chi connectivity index (χ0) is 15.2. The molecule has 2 aromatic rings. The zero-order valence-electron chi connectivity index (χ0n) is 12.3. The second kappa shape index (κ2) is 6.16. The van der Waals surface area contributed by atoms with Gasteiger partial charge in [-0.15, -0.1) is 23.7 Å². The summed E-state index contributed by atoms with van der Waals surface area (Å²) >= 11 is 7.74. The molecule has 1 aliphatic heterocycles. The maximum atomic E-state index is 12.7. The Bertz CT molecular complexity index is 715. The normalized spacial score (nSPS) is 15.4. The second-order valence-electron chi connectivity index (χ2n) is 5.74. The maximum Gasteiger partial charge on any atom is 0.277 e. The number of nitrogens with zero attached hydrogens (tertiary/aromatic N) is 2. The van der Waals surface area contributed by atoms with Gasteiger partial charge in [0.2, 0.25) is 0 Å². The smallest absolute Gasteiger partial charge is 0.277 e. The topological polar surface area (TPSA) is 59.2 Å². The van der Waals surface area contributed by atoms with Gasteiger partial charge in [-0.25, -0.2) is 4.98 Å². The molecule has 0 fully saturated rings. The molecule has 0 aliphatic carbocycles. The number of carbonyl (C=O) groups is 1. The van der Waals surface area contributed by atoms with Gasteiger partial charge in [0.1, 0.15) is 10.7 Å². The third kappa shape index (κ3) is 2.74. The van der Waals surface area contributed by atoms with Crippen LogP contribution in [0, 0.1) is 0 Å². The summed E-state index contributed by atoms with van der Waals surface area (Å²) < 4.78 is 0. The van der Waals surface area contributed by atoms with E-state index < -0.39 is 0 Å². The van der Waals surface area contributed by atoms with E-state index in [1.165, 1.54) is 11.3 Å². The van der Waals surface area contributed by atoms with Crippen molar-refractivity contribution in [3.05, 3.63) is 44.9 Å². The van der Waals surface area contributed by atoms with Gasteiger partial charge in [-0.1, -0.05) is 31.5 Å². The lowest BCUT2D eigenvalue weighted by Gasteiger charge is -2.20. The first kappa shape index (κ1) is 17.2. The summed E-state index contributed by atoms with van der Waals surface area (Å²) in [6.45, 7) is 5.14. The number of thiazole rings is 1. The second-order valence-corrected chi connectivity index (χ2v) is 7.09. The van der Waals surface area contributed by atoms with E-state index in [4.69, 9.17) is 17.3 Å². The molecule has 0 radical (unpaired) electrons. The van der Waals surface area contributed by atoms with Crippen LogP contribution >= 0.6 is 35.3 Å². The number of rotatable bonds is 2. The molecule has 4 nitrogen and oxygen atoms in total. The monoisotopic (exact) mass is 357 g/mol. The van der Waals surface area contributed by atoms with Crippen LogP contribution in [0.3, 0.4) is 0 Å². The Hall–Kier alpha value is -1.14. The van der Waals surface area contributed by atoms with E-state index in [-0.39, 0.29) is 23.7 Å². The highest BCUT2D eigenvalue weighted by Gasteiger charge is 2.40. The number of aromatic nitrogens is 1. The van der Waals surface area contributed by atoms with Gasteiger partial charge in [0, 0.05) is 40.2 Å². The van der Waals surface area contributed by atoms with Crippen LogP contribution in [-0.2, 0) is 12.0 Å². The first-order valence-corrected chi connectivity index (χ1v) is 7.95. The first-order valence-electron chi connectivity index (χ1n) is 6.69. The Labute approximate surface area is 144 Å². The van der Waals surface area contributed by atoms with Gasteiger partial charge in [0.25, 0.3) is 5.91 Å². The average molecular weight is 358 g/mol. The SMILES string of the molecule is CC1(C)CN(C(=O)c2csc(CN)n2)c2cccc(Cl)c21.Cl. The number of hydrogen-bond donors (Lipinski definition) is 1. The van der Waals surface area contributed by atoms with Crippen molar-refractivity contribution < 1.29 is 4.79 Å². The van der Waals surface area contributed by atoms with Crippen LogP contribution in [0.25, 0.3) is 0 Å². The molecule has 0 bridgehead atoms. The molecular weight excluding hydrogens is 341 g/mol. The number of nitrogens with two attached hydrogens (primary N) is 1. The fourth-order valence-electron chi connectivity index (χ4n) is 2.79. The molecule has 1 amide bonds. The van der Waals surface area contributed by atoms with Gasteiger partial charge in [0.05, 0.1) is 0 Å². The number of anilines is 1. The predicted molar refractivity (Wildman–Crippen MR) is 93.4 cm³/mol. The van der Waals surface area contributed by atoms with Crippen molar-refractivity contribution in [1.82, 2.24) is 4.98 Å². The highest BCUT2D eigenvalue weighted by Crippen LogP contribution is 2.44. The summed E-state index contributed by atoms with van der Waals surface area (Å²) in [5, 5.41) is 3.23. The lowest BCUT2D eigenvalue weighted by molar-refractivity contribution is 0.0981. The van der Waals surface area contributed by atoms with E-state index >= 15 is 0 Å². The molecular formula is C15H17Cl2N3OS. The minimum Gasteiger partial charge on any atom is -0.325 e. The van der Waals surface area contributed by atoms with E-state index in [0.717, 1.165) is 16.3 Å². The fourth-order valence-corrected chi connectivity index (χ4v) is 3.86. The van der Waals surface area contributed by atoms with E-state index in [9.17, 15) is 4.79 Å². The molecule has 2 heterocycles. The number of benzene rings is 1. The van der Waals surface area contributed by atoms with Crippen molar-refractivity contribution in [3.8, 4) is 0 Å². The van der Waals surface area contributed by atoms with Crippen LogP contribution in [-0.4, -0.2) is 17.4 Å². The third-order valence-electron chi connectivity index (χ3n) is 3.70. The minimum absolute atomic E-state index is 0. The molecule has 0 saturated heterocycles. The quantitative estimate of drug-likeness (QED) is 0.892. The highest BCUT2D eigenvalue weighted by atomic mass is 35.5. The molecule has 1 aliphatic rings. The highest BCUT2D eigenvalue weighted by molar-refractivity contribution is 7.09. The molecule has 118 valence electrons. The molecule has 22 heavy (non-hydrogen) atoms. The minimum atomic E-state index is -0.171. The Kier molecular flexibility index (Phi) is 4.82. The van der Waals surface area contributed by atoms with Crippen LogP contribution in [0.4, 0.5) is 5.69 Å². The maximum absolute atomic E-state index is 12.7. The predicted octanol–water partition coefficient (Wildman–Crippen LogP) is 3.62. The van der Waals surface area contributed by atoms with E-state index in [2.05, 4.69) is 18.8 Å². The van der Waals surface area contributed by atoms with Gasteiger partial charge in [-0.2, -0.15) is 0 Å². The molecule has 7 heteroatoms. The third-order valence-corrected chi connectivity index (χ3v) is 4.89. The van der Waals surface area contributed by atoms with E-state index in [1.807, 2.05) is 18.2 Å². The van der Waals surface area contributed by atoms with Crippen molar-refractivity contribution in [2.45, 2.75) is 25.8 Å². The van der Waals surface area contributed by atoms with Crippen molar-refractivity contribution in [2.24, 2.45) is 5.73 Å². The molecule has 0 unspecified atom stereocenters. The van der Waals surface area contributed by atoms with E-state index in [0.29, 0.717) is 23.8 Å². The summed E-state index contributed by atoms with van der Waals surface area (Å²) in [6, 6.07) is 5.67. The average Bonchev–Trinajstić information content (AvgIpc) is 3.01. The molecule has 0 atom stereocenters. The zero-order valence-corrected chi connectivity index (χ0v) is 14.7. The largest absolute Gasteiger partial charge is 0.325 e. The van der Waals surface area contributed by atoms with Crippen LogP contribution in [0.2, 0.25) is 5.02 Å². The van der Waals surface area contributed by atoms with Crippen LogP contribution < -0.4 is 10.6 Å². The van der Waals surface area contributed by atoms with Gasteiger partial charge in [-0.3, -0.25) is 4.79 Å². The lowest BCUT2D eigenvalue weighted by Crippen LogP contribution is -2.34. The van der Waals surface area contributed by atoms with Gasteiger partial charge in [-0.05, 0) is 12.1 Å². The van der Waals surface area contributed by atoms with Crippen molar-refractivity contribution in [2.75, 3.05) is 11.4 Å².